The van der Waals surface area contributed by atoms with Crippen molar-refractivity contribution < 1.29 is 24.5 Å². The average Bonchev–Trinajstić information content (AvgIpc) is 2.94. The monoisotopic (exact) mass is 381 g/mol. The van der Waals surface area contributed by atoms with Crippen molar-refractivity contribution in [3.63, 3.8) is 0 Å². The van der Waals surface area contributed by atoms with Gasteiger partial charge in [0, 0.05) is 16.5 Å². The number of benzene rings is 1. The summed E-state index contributed by atoms with van der Waals surface area (Å²) in [6.45, 7) is 0. The third-order valence-corrected chi connectivity index (χ3v) is 6.62. The fourth-order valence-corrected chi connectivity index (χ4v) is 5.67. The summed E-state index contributed by atoms with van der Waals surface area (Å²) < 4.78 is 5.13. The molecule has 1 aliphatic rings. The Morgan fingerprint density at radius 2 is 2.00 bits per heavy atom. The molecule has 0 unspecified atom stereocenters. The van der Waals surface area contributed by atoms with Gasteiger partial charge < -0.3 is 19.9 Å². The Balaban J connectivity index is 2.21. The highest BCUT2D eigenvalue weighted by Gasteiger charge is 2.53. The number of aromatic amines is 1. The predicted molar refractivity (Wildman–Crippen MR) is 92.8 cm³/mol. The first-order valence-corrected chi connectivity index (χ1v) is 9.12. The van der Waals surface area contributed by atoms with E-state index in [0.717, 1.165) is 11.3 Å². The van der Waals surface area contributed by atoms with Gasteiger partial charge in [-0.3, -0.25) is 14.4 Å². The lowest BCUT2D eigenvalue weighted by atomic mass is 9.70. The van der Waals surface area contributed by atoms with Crippen LogP contribution in [0.25, 0.3) is 0 Å². The molecule has 3 N–H and O–H groups in total. The van der Waals surface area contributed by atoms with Crippen LogP contribution in [0.4, 0.5) is 0 Å². The molecular weight excluding hydrogens is 366 g/mol. The minimum atomic E-state index is -1.54. The highest BCUT2D eigenvalue weighted by molar-refractivity contribution is 7.99. The molecular formula is C16H15NO6S2. The highest BCUT2D eigenvalue weighted by Crippen LogP contribution is 2.54. The second kappa shape index (κ2) is 6.57. The number of carboxylic acid groups (broad SMARTS) is 2. The lowest BCUT2D eigenvalue weighted by molar-refractivity contribution is -0.155. The number of H-pyrrole nitrogens is 1. The smallest absolute Gasteiger partial charge is 0.312 e. The van der Waals surface area contributed by atoms with Gasteiger partial charge in [0.2, 0.25) is 0 Å². The molecule has 1 aliphatic heterocycles. The molecule has 0 saturated heterocycles. The summed E-state index contributed by atoms with van der Waals surface area (Å²) in [6, 6.07) is 6.82. The lowest BCUT2D eigenvalue weighted by Crippen LogP contribution is -2.43. The van der Waals surface area contributed by atoms with E-state index in [9.17, 15) is 24.6 Å². The van der Waals surface area contributed by atoms with Crippen LogP contribution in [0.5, 0.6) is 5.75 Å². The van der Waals surface area contributed by atoms with Crippen molar-refractivity contribution in [3.8, 4) is 5.75 Å². The summed E-state index contributed by atoms with van der Waals surface area (Å²) in [5, 5.41) is 19.8. The average molecular weight is 381 g/mol. The summed E-state index contributed by atoms with van der Waals surface area (Å²) in [5.41, 5.74) is -0.898. The van der Waals surface area contributed by atoms with E-state index in [1.165, 1.54) is 18.9 Å². The predicted octanol–water partition coefficient (Wildman–Crippen LogP) is 2.23. The zero-order chi connectivity index (χ0) is 18.2. The Hall–Kier alpha value is -2.26. The topological polar surface area (TPSA) is 117 Å². The first-order valence-electron chi connectivity index (χ1n) is 7.32. The van der Waals surface area contributed by atoms with Crippen LogP contribution < -0.4 is 9.61 Å². The maximum absolute atomic E-state index is 12.2. The Kier molecular flexibility index (Phi) is 4.61. The van der Waals surface area contributed by atoms with Crippen LogP contribution in [0.2, 0.25) is 0 Å². The molecule has 0 aliphatic carbocycles. The number of thiazole rings is 1. The van der Waals surface area contributed by atoms with Gasteiger partial charge in [-0.2, -0.15) is 0 Å². The molecule has 0 spiro atoms. The first kappa shape index (κ1) is 17.6. The van der Waals surface area contributed by atoms with E-state index in [1.54, 1.807) is 24.3 Å². The van der Waals surface area contributed by atoms with Gasteiger partial charge >= 0.3 is 16.8 Å². The lowest BCUT2D eigenvalue weighted by Gasteiger charge is -2.39. The number of nitrogens with one attached hydrogen (secondary N) is 1. The fraction of sp³-hybridized carbons (Fsp3) is 0.312. The molecule has 0 saturated carbocycles. The number of thioether (sulfide) groups is 1. The van der Waals surface area contributed by atoms with Crippen molar-refractivity contribution in [2.75, 3.05) is 12.9 Å². The second-order valence-corrected chi connectivity index (χ2v) is 7.73. The summed E-state index contributed by atoms with van der Waals surface area (Å²) in [6.07, 6.45) is -0.530. The van der Waals surface area contributed by atoms with Crippen LogP contribution in [-0.2, 0) is 9.59 Å². The zero-order valence-corrected chi connectivity index (χ0v) is 14.8. The number of aromatic nitrogens is 1. The van der Waals surface area contributed by atoms with Crippen molar-refractivity contribution in [1.29, 1.82) is 0 Å². The Labute approximate surface area is 150 Å². The summed E-state index contributed by atoms with van der Waals surface area (Å²) in [7, 11) is 1.52. The van der Waals surface area contributed by atoms with E-state index in [4.69, 9.17) is 4.74 Å². The molecule has 2 aromatic rings. The molecule has 0 radical (unpaired) electrons. The van der Waals surface area contributed by atoms with Crippen molar-refractivity contribution in [2.45, 2.75) is 17.4 Å². The molecule has 0 bridgehead atoms. The molecule has 7 nitrogen and oxygen atoms in total. The van der Waals surface area contributed by atoms with Gasteiger partial charge in [0.25, 0.3) is 0 Å². The van der Waals surface area contributed by atoms with Crippen LogP contribution in [0.1, 0.15) is 22.8 Å². The molecule has 9 heteroatoms. The molecule has 0 amide bonds. The Morgan fingerprint density at radius 1 is 1.32 bits per heavy atom. The van der Waals surface area contributed by atoms with E-state index in [-0.39, 0.29) is 10.6 Å². The maximum atomic E-state index is 12.2. The molecule has 1 aromatic heterocycles. The van der Waals surface area contributed by atoms with Crippen LogP contribution in [-0.4, -0.2) is 40.0 Å². The number of carboxylic acids is 2. The largest absolute Gasteiger partial charge is 0.497 e. The normalized spacial score (nSPS) is 22.2. The molecule has 3 rings (SSSR count). The number of aliphatic carboxylic acids is 2. The molecule has 0 fully saturated rings. The van der Waals surface area contributed by atoms with Crippen molar-refractivity contribution in [1.82, 2.24) is 4.98 Å². The minimum Gasteiger partial charge on any atom is -0.497 e. The van der Waals surface area contributed by atoms with E-state index >= 15 is 0 Å². The Bertz CT molecular complexity index is 871. The number of methoxy groups -OCH3 is 1. The molecule has 132 valence electrons. The number of hydrogen-bond donors (Lipinski definition) is 3. The minimum absolute atomic E-state index is 0.0605. The number of carbonyl (C=O) groups is 2. The molecule has 25 heavy (non-hydrogen) atoms. The zero-order valence-electron chi connectivity index (χ0n) is 13.1. The third kappa shape index (κ3) is 3.05. The van der Waals surface area contributed by atoms with E-state index in [1.807, 2.05) is 0 Å². The third-order valence-electron chi connectivity index (χ3n) is 4.27. The van der Waals surface area contributed by atoms with Gasteiger partial charge in [0.15, 0.2) is 0 Å². The van der Waals surface area contributed by atoms with Crippen molar-refractivity contribution >= 4 is 35.0 Å². The second-order valence-electron chi connectivity index (χ2n) is 5.73. The summed E-state index contributed by atoms with van der Waals surface area (Å²) >= 11 is 2.11. The van der Waals surface area contributed by atoms with Crippen LogP contribution >= 0.6 is 23.1 Å². The van der Waals surface area contributed by atoms with Gasteiger partial charge in [0.1, 0.15) is 5.75 Å². The van der Waals surface area contributed by atoms with E-state index < -0.39 is 29.7 Å². The number of rotatable bonds is 5. The summed E-state index contributed by atoms with van der Waals surface area (Å²) in [5.74, 6) is -2.43. The molecule has 2 heterocycles. The van der Waals surface area contributed by atoms with E-state index in [0.29, 0.717) is 21.2 Å². The van der Waals surface area contributed by atoms with E-state index in [2.05, 4.69) is 4.98 Å². The quantitative estimate of drug-likeness (QED) is 0.727. The van der Waals surface area contributed by atoms with Gasteiger partial charge in [-0.05, 0) is 17.7 Å². The molecule has 2 atom stereocenters. The first-order chi connectivity index (χ1) is 11.9. The van der Waals surface area contributed by atoms with Gasteiger partial charge in [-0.15, -0.1) is 11.8 Å². The highest BCUT2D eigenvalue weighted by atomic mass is 32.2. The number of ether oxygens (including phenoxy) is 1. The number of fused-ring (bicyclic) bond motifs is 1. The fourth-order valence-electron chi connectivity index (χ4n) is 3.11. The number of hydrogen-bond acceptors (Lipinski definition) is 6. The van der Waals surface area contributed by atoms with Crippen molar-refractivity contribution in [2.24, 2.45) is 5.41 Å². The standard InChI is InChI=1S/C16H15NO6S2/c1-23-9-4-2-8(3-5-9)11-12-13(17-15(22)25-12)24-7-16(11,14(20)21)6-10(18)19/h2-5,11H,6-7H2,1H3,(H,17,22)(H,18,19)(H,20,21)/t11-,16-/m0/s1. The SMILES string of the molecule is COc1ccc([C@H]2c3sc(=O)[nH]c3SC[C@]2(CC(=O)O)C(=O)O)cc1. The van der Waals surface area contributed by atoms with Crippen LogP contribution in [0.15, 0.2) is 34.1 Å². The summed E-state index contributed by atoms with van der Waals surface area (Å²) in [4.78, 5) is 38.4. The van der Waals surface area contributed by atoms with Gasteiger partial charge in [-0.25, -0.2) is 0 Å². The van der Waals surface area contributed by atoms with Crippen LogP contribution in [0.3, 0.4) is 0 Å². The van der Waals surface area contributed by atoms with Crippen molar-refractivity contribution in [3.05, 3.63) is 44.4 Å². The van der Waals surface area contributed by atoms with Crippen LogP contribution in [0, 0.1) is 5.41 Å². The van der Waals surface area contributed by atoms with Gasteiger partial charge in [0.05, 0.1) is 24.0 Å². The Morgan fingerprint density at radius 3 is 2.56 bits per heavy atom. The molecule has 1 aromatic carbocycles. The van der Waals surface area contributed by atoms with Gasteiger partial charge in [-0.1, -0.05) is 23.5 Å². The maximum Gasteiger partial charge on any atom is 0.312 e.